The number of nitro groups is 1. The molecule has 1 N–H and O–H groups in total. The van der Waals surface area contributed by atoms with Crippen molar-refractivity contribution in [2.75, 3.05) is 25.1 Å². The average Bonchev–Trinajstić information content (AvgIpc) is 3.06. The number of non-ortho nitro benzene ring substituents is 1. The van der Waals surface area contributed by atoms with Crippen molar-refractivity contribution in [1.29, 1.82) is 0 Å². The fourth-order valence-electron chi connectivity index (χ4n) is 2.54. The summed E-state index contributed by atoms with van der Waals surface area (Å²) in [6, 6.07) is 8.23. The van der Waals surface area contributed by atoms with Crippen LogP contribution in [-0.4, -0.2) is 34.6 Å². The Labute approximate surface area is 133 Å². The van der Waals surface area contributed by atoms with Crippen LogP contribution in [0.2, 0.25) is 0 Å². The molecule has 1 unspecified atom stereocenters. The number of aryl methyl sites for hydroxylation is 1. The Balaban J connectivity index is 1.82. The number of hydrogen-bond donors (Lipinski definition) is 1. The molecule has 7 heteroatoms. The van der Waals surface area contributed by atoms with Gasteiger partial charge in [0.15, 0.2) is 5.82 Å². The zero-order valence-electron chi connectivity index (χ0n) is 12.9. The number of anilines is 1. The first kappa shape index (κ1) is 15.4. The summed E-state index contributed by atoms with van der Waals surface area (Å²) in [4.78, 5) is 19.4. The molecule has 3 rings (SSSR count). The third-order valence-electron chi connectivity index (χ3n) is 3.77. The van der Waals surface area contributed by atoms with Gasteiger partial charge in [0.05, 0.1) is 11.5 Å². The lowest BCUT2D eigenvalue weighted by molar-refractivity contribution is -0.384. The van der Waals surface area contributed by atoms with Crippen molar-refractivity contribution in [3.8, 4) is 11.4 Å². The lowest BCUT2D eigenvalue weighted by atomic mass is 10.1. The van der Waals surface area contributed by atoms with Crippen LogP contribution < -0.4 is 5.32 Å². The van der Waals surface area contributed by atoms with Gasteiger partial charge in [-0.15, -0.1) is 0 Å². The van der Waals surface area contributed by atoms with Crippen LogP contribution in [0.1, 0.15) is 12.1 Å². The zero-order chi connectivity index (χ0) is 16.2. The minimum absolute atomic E-state index is 0.0326. The van der Waals surface area contributed by atoms with Gasteiger partial charge < -0.3 is 10.1 Å². The molecule has 1 fully saturated rings. The second kappa shape index (κ2) is 6.70. The Hall–Kier alpha value is -2.54. The van der Waals surface area contributed by atoms with Crippen molar-refractivity contribution < 1.29 is 9.66 Å². The average molecular weight is 314 g/mol. The van der Waals surface area contributed by atoms with Crippen LogP contribution in [0.25, 0.3) is 11.4 Å². The van der Waals surface area contributed by atoms with E-state index in [-0.39, 0.29) is 5.69 Å². The summed E-state index contributed by atoms with van der Waals surface area (Å²) in [5.74, 6) is 1.70. The molecule has 0 radical (unpaired) electrons. The highest BCUT2D eigenvalue weighted by Gasteiger charge is 2.16. The maximum absolute atomic E-state index is 10.9. The van der Waals surface area contributed by atoms with Gasteiger partial charge in [-0.3, -0.25) is 10.1 Å². The zero-order valence-corrected chi connectivity index (χ0v) is 12.9. The van der Waals surface area contributed by atoms with Crippen molar-refractivity contribution in [2.45, 2.75) is 13.3 Å². The summed E-state index contributed by atoms with van der Waals surface area (Å²) in [5, 5.41) is 14.2. The summed E-state index contributed by atoms with van der Waals surface area (Å²) in [6.07, 6.45) is 1.05. The molecule has 1 aromatic heterocycles. The van der Waals surface area contributed by atoms with Gasteiger partial charge in [0.25, 0.3) is 5.69 Å². The molecule has 1 atom stereocenters. The highest BCUT2D eigenvalue weighted by molar-refractivity contribution is 5.61. The second-order valence-corrected chi connectivity index (χ2v) is 5.64. The Morgan fingerprint density at radius 3 is 3.00 bits per heavy atom. The van der Waals surface area contributed by atoms with Gasteiger partial charge in [-0.05, 0) is 13.3 Å². The largest absolute Gasteiger partial charge is 0.381 e. The first-order chi connectivity index (χ1) is 11.1. The van der Waals surface area contributed by atoms with Crippen LogP contribution in [0, 0.1) is 23.0 Å². The van der Waals surface area contributed by atoms with E-state index >= 15 is 0 Å². The minimum Gasteiger partial charge on any atom is -0.381 e. The molecule has 1 aliphatic heterocycles. The summed E-state index contributed by atoms with van der Waals surface area (Å²) in [5.41, 5.74) is 1.48. The number of hydrogen-bond acceptors (Lipinski definition) is 6. The number of nitro benzene ring substituents is 1. The van der Waals surface area contributed by atoms with Gasteiger partial charge in [-0.2, -0.15) is 0 Å². The standard InChI is InChI=1S/C16H18N4O3/c1-11-7-15(17-9-12-5-6-23-10-12)19-16(18-11)13-3-2-4-14(8-13)20(21)22/h2-4,7-8,12H,5-6,9-10H2,1H3,(H,17,18,19). The van der Waals surface area contributed by atoms with E-state index in [9.17, 15) is 10.1 Å². The predicted molar refractivity (Wildman–Crippen MR) is 86.3 cm³/mol. The molecule has 1 saturated heterocycles. The molecule has 0 bridgehead atoms. The molecule has 7 nitrogen and oxygen atoms in total. The second-order valence-electron chi connectivity index (χ2n) is 5.64. The summed E-state index contributed by atoms with van der Waals surface area (Å²) in [7, 11) is 0. The predicted octanol–water partition coefficient (Wildman–Crippen LogP) is 2.81. The van der Waals surface area contributed by atoms with Crippen molar-refractivity contribution in [3.05, 3.63) is 46.1 Å². The van der Waals surface area contributed by atoms with Crippen molar-refractivity contribution >= 4 is 11.5 Å². The number of nitrogens with zero attached hydrogens (tertiary/aromatic N) is 3. The first-order valence-corrected chi connectivity index (χ1v) is 7.54. The quantitative estimate of drug-likeness (QED) is 0.674. The summed E-state index contributed by atoms with van der Waals surface area (Å²) >= 11 is 0. The molecule has 23 heavy (non-hydrogen) atoms. The molecule has 2 heterocycles. The van der Waals surface area contributed by atoms with Gasteiger partial charge in [-0.25, -0.2) is 9.97 Å². The summed E-state index contributed by atoms with van der Waals surface area (Å²) in [6.45, 7) is 4.26. The van der Waals surface area contributed by atoms with Gasteiger partial charge in [0, 0.05) is 48.5 Å². The molecule has 0 aliphatic carbocycles. The van der Waals surface area contributed by atoms with E-state index in [1.54, 1.807) is 12.1 Å². The van der Waals surface area contributed by atoms with Crippen molar-refractivity contribution in [3.63, 3.8) is 0 Å². The summed E-state index contributed by atoms with van der Waals surface area (Å²) < 4.78 is 5.36. The molecule has 2 aromatic rings. The lowest BCUT2D eigenvalue weighted by Crippen LogP contribution is -2.15. The fraction of sp³-hybridized carbons (Fsp3) is 0.375. The fourth-order valence-corrected chi connectivity index (χ4v) is 2.54. The Morgan fingerprint density at radius 1 is 1.39 bits per heavy atom. The third-order valence-corrected chi connectivity index (χ3v) is 3.77. The third kappa shape index (κ3) is 3.81. The number of benzene rings is 1. The van der Waals surface area contributed by atoms with E-state index in [4.69, 9.17) is 4.74 Å². The number of nitrogens with one attached hydrogen (secondary N) is 1. The Morgan fingerprint density at radius 2 is 2.26 bits per heavy atom. The normalized spacial score (nSPS) is 17.2. The molecule has 0 saturated carbocycles. The van der Waals surface area contributed by atoms with E-state index in [2.05, 4.69) is 15.3 Å². The van der Waals surface area contributed by atoms with E-state index in [0.29, 0.717) is 17.3 Å². The van der Waals surface area contributed by atoms with Gasteiger partial charge >= 0.3 is 0 Å². The van der Waals surface area contributed by atoms with Crippen molar-refractivity contribution in [2.24, 2.45) is 5.92 Å². The SMILES string of the molecule is Cc1cc(NCC2CCOC2)nc(-c2cccc([N+](=O)[O-])c2)n1. The molecule has 0 amide bonds. The van der Waals surface area contributed by atoms with Crippen LogP contribution in [0.3, 0.4) is 0 Å². The van der Waals surface area contributed by atoms with Crippen molar-refractivity contribution in [1.82, 2.24) is 9.97 Å². The maximum Gasteiger partial charge on any atom is 0.270 e. The molecule has 1 aliphatic rings. The van der Waals surface area contributed by atoms with E-state index in [1.807, 2.05) is 13.0 Å². The van der Waals surface area contributed by atoms with E-state index in [1.165, 1.54) is 12.1 Å². The van der Waals surface area contributed by atoms with Crippen LogP contribution in [0.15, 0.2) is 30.3 Å². The van der Waals surface area contributed by atoms with Crippen LogP contribution in [-0.2, 0) is 4.74 Å². The molecule has 1 aromatic carbocycles. The van der Waals surface area contributed by atoms with Gasteiger partial charge in [-0.1, -0.05) is 12.1 Å². The highest BCUT2D eigenvalue weighted by atomic mass is 16.6. The lowest BCUT2D eigenvalue weighted by Gasteiger charge is -2.11. The molecule has 0 spiro atoms. The van der Waals surface area contributed by atoms with Crippen LogP contribution in [0.4, 0.5) is 11.5 Å². The number of aromatic nitrogens is 2. The van der Waals surface area contributed by atoms with E-state index < -0.39 is 4.92 Å². The minimum atomic E-state index is -0.418. The molecular formula is C16H18N4O3. The Bertz CT molecular complexity index is 714. The number of ether oxygens (including phenoxy) is 1. The first-order valence-electron chi connectivity index (χ1n) is 7.54. The highest BCUT2D eigenvalue weighted by Crippen LogP contribution is 2.23. The monoisotopic (exact) mass is 314 g/mol. The maximum atomic E-state index is 10.9. The number of rotatable bonds is 5. The van der Waals surface area contributed by atoms with Crippen LogP contribution in [0.5, 0.6) is 0 Å². The molecule has 120 valence electrons. The van der Waals surface area contributed by atoms with Crippen LogP contribution >= 0.6 is 0 Å². The van der Waals surface area contributed by atoms with Gasteiger partial charge in [0.1, 0.15) is 5.82 Å². The molecular weight excluding hydrogens is 296 g/mol. The topological polar surface area (TPSA) is 90.2 Å². The van der Waals surface area contributed by atoms with Gasteiger partial charge in [0.2, 0.25) is 0 Å². The smallest absolute Gasteiger partial charge is 0.270 e. The Kier molecular flexibility index (Phi) is 4.47. The van der Waals surface area contributed by atoms with E-state index in [0.717, 1.165) is 37.7 Å².